The standard InChI is InChI=1S/C16H25N5O2/c1-10(22)11-6-5-7-20(9-11)15-18-13-12(14(23)19-15)8-17-21(13)16(2,3)4/h8,10-11,22H,5-7,9H2,1-4H3,(H,18,19,23). The molecule has 2 atom stereocenters. The number of H-pyrrole nitrogens is 1. The zero-order valence-corrected chi connectivity index (χ0v) is 14.2. The Morgan fingerprint density at radius 3 is 2.83 bits per heavy atom. The lowest BCUT2D eigenvalue weighted by Crippen LogP contribution is -2.41. The van der Waals surface area contributed by atoms with Crippen LogP contribution in [0.4, 0.5) is 5.95 Å². The fraction of sp³-hybridized carbons (Fsp3) is 0.688. The van der Waals surface area contributed by atoms with E-state index in [0.717, 1.165) is 19.4 Å². The summed E-state index contributed by atoms with van der Waals surface area (Å²) >= 11 is 0. The van der Waals surface area contributed by atoms with Crippen LogP contribution in [0.5, 0.6) is 0 Å². The number of aromatic nitrogens is 4. The molecule has 2 aromatic rings. The fourth-order valence-electron chi connectivity index (χ4n) is 3.14. The first kappa shape index (κ1) is 16.0. The predicted octanol–water partition coefficient (Wildman–Crippen LogP) is 1.47. The second kappa shape index (κ2) is 5.63. The molecule has 0 amide bonds. The first-order valence-electron chi connectivity index (χ1n) is 8.19. The van der Waals surface area contributed by atoms with Gasteiger partial charge in [-0.25, -0.2) is 4.68 Å². The molecule has 23 heavy (non-hydrogen) atoms. The van der Waals surface area contributed by atoms with Gasteiger partial charge in [0.2, 0.25) is 5.95 Å². The van der Waals surface area contributed by atoms with Crippen molar-refractivity contribution in [2.75, 3.05) is 18.0 Å². The third-order valence-corrected chi connectivity index (χ3v) is 4.50. The van der Waals surface area contributed by atoms with Gasteiger partial charge in [-0.05, 0) is 40.5 Å². The monoisotopic (exact) mass is 319 g/mol. The minimum Gasteiger partial charge on any atom is -0.393 e. The number of aromatic amines is 1. The molecular weight excluding hydrogens is 294 g/mol. The Labute approximate surface area is 135 Å². The van der Waals surface area contributed by atoms with Crippen molar-refractivity contribution in [3.63, 3.8) is 0 Å². The molecule has 1 aliphatic heterocycles. The average molecular weight is 319 g/mol. The van der Waals surface area contributed by atoms with Crippen molar-refractivity contribution in [1.82, 2.24) is 19.7 Å². The van der Waals surface area contributed by atoms with Crippen molar-refractivity contribution in [2.45, 2.75) is 52.2 Å². The van der Waals surface area contributed by atoms with Gasteiger partial charge in [0.25, 0.3) is 5.56 Å². The lowest BCUT2D eigenvalue weighted by Gasteiger charge is -2.34. The number of fused-ring (bicyclic) bond motifs is 1. The third kappa shape index (κ3) is 2.97. The van der Waals surface area contributed by atoms with Crippen LogP contribution in [0.2, 0.25) is 0 Å². The van der Waals surface area contributed by atoms with E-state index in [0.29, 0.717) is 23.5 Å². The molecule has 2 N–H and O–H groups in total. The van der Waals surface area contributed by atoms with E-state index in [2.05, 4.69) is 20.0 Å². The molecule has 126 valence electrons. The van der Waals surface area contributed by atoms with Gasteiger partial charge in [0.1, 0.15) is 5.39 Å². The van der Waals surface area contributed by atoms with Crippen molar-refractivity contribution in [2.24, 2.45) is 5.92 Å². The highest BCUT2D eigenvalue weighted by molar-refractivity contribution is 5.74. The molecule has 1 aliphatic rings. The molecule has 3 heterocycles. The van der Waals surface area contributed by atoms with E-state index in [4.69, 9.17) is 0 Å². The van der Waals surface area contributed by atoms with Gasteiger partial charge in [0, 0.05) is 19.0 Å². The van der Waals surface area contributed by atoms with Crippen LogP contribution in [0.3, 0.4) is 0 Å². The highest BCUT2D eigenvalue weighted by Gasteiger charge is 2.26. The number of nitrogens with one attached hydrogen (secondary N) is 1. The molecule has 0 radical (unpaired) electrons. The van der Waals surface area contributed by atoms with E-state index in [-0.39, 0.29) is 23.1 Å². The second-order valence-electron chi connectivity index (χ2n) is 7.44. The summed E-state index contributed by atoms with van der Waals surface area (Å²) in [6, 6.07) is 0. The molecular formula is C16H25N5O2. The molecule has 3 rings (SSSR count). The van der Waals surface area contributed by atoms with Crippen LogP contribution < -0.4 is 10.5 Å². The van der Waals surface area contributed by atoms with Gasteiger partial charge < -0.3 is 10.0 Å². The number of nitrogens with zero attached hydrogens (tertiary/aromatic N) is 4. The van der Waals surface area contributed by atoms with Gasteiger partial charge in [-0.3, -0.25) is 9.78 Å². The average Bonchev–Trinajstić information content (AvgIpc) is 2.92. The summed E-state index contributed by atoms with van der Waals surface area (Å²) in [6.45, 7) is 9.46. The maximum Gasteiger partial charge on any atom is 0.263 e. The van der Waals surface area contributed by atoms with Crippen molar-refractivity contribution in [3.05, 3.63) is 16.6 Å². The minimum absolute atomic E-state index is 0.167. The maximum atomic E-state index is 12.4. The van der Waals surface area contributed by atoms with E-state index >= 15 is 0 Å². The smallest absolute Gasteiger partial charge is 0.263 e. The normalized spacial score (nSPS) is 20.9. The van der Waals surface area contributed by atoms with Crippen LogP contribution in [0, 0.1) is 5.92 Å². The van der Waals surface area contributed by atoms with Crippen molar-refractivity contribution >= 4 is 17.0 Å². The third-order valence-electron chi connectivity index (χ3n) is 4.50. The lowest BCUT2D eigenvalue weighted by molar-refractivity contribution is 0.114. The molecule has 7 heteroatoms. The Morgan fingerprint density at radius 2 is 2.17 bits per heavy atom. The number of aliphatic hydroxyl groups is 1. The fourth-order valence-corrected chi connectivity index (χ4v) is 3.14. The Balaban J connectivity index is 2.03. The van der Waals surface area contributed by atoms with Crippen LogP contribution in [-0.2, 0) is 5.54 Å². The first-order chi connectivity index (χ1) is 10.8. The number of rotatable bonds is 2. The van der Waals surface area contributed by atoms with Gasteiger partial charge in [0.15, 0.2) is 5.65 Å². The summed E-state index contributed by atoms with van der Waals surface area (Å²) in [7, 11) is 0. The van der Waals surface area contributed by atoms with E-state index in [1.165, 1.54) is 0 Å². The van der Waals surface area contributed by atoms with E-state index < -0.39 is 0 Å². The summed E-state index contributed by atoms with van der Waals surface area (Å²) < 4.78 is 1.79. The number of piperidine rings is 1. The Morgan fingerprint density at radius 1 is 1.43 bits per heavy atom. The van der Waals surface area contributed by atoms with Crippen molar-refractivity contribution in [3.8, 4) is 0 Å². The zero-order chi connectivity index (χ0) is 16.8. The molecule has 0 bridgehead atoms. The molecule has 1 fully saturated rings. The number of aliphatic hydroxyl groups excluding tert-OH is 1. The van der Waals surface area contributed by atoms with Gasteiger partial charge in [-0.15, -0.1) is 0 Å². The Bertz CT molecular complexity index is 756. The highest BCUT2D eigenvalue weighted by Crippen LogP contribution is 2.24. The first-order valence-corrected chi connectivity index (χ1v) is 8.19. The summed E-state index contributed by atoms with van der Waals surface area (Å²) in [6.07, 6.45) is 3.20. The Kier molecular flexibility index (Phi) is 3.91. The summed E-state index contributed by atoms with van der Waals surface area (Å²) in [5, 5.41) is 14.7. The van der Waals surface area contributed by atoms with Crippen LogP contribution >= 0.6 is 0 Å². The predicted molar refractivity (Wildman–Crippen MR) is 89.8 cm³/mol. The molecule has 2 unspecified atom stereocenters. The van der Waals surface area contributed by atoms with Crippen molar-refractivity contribution < 1.29 is 5.11 Å². The van der Waals surface area contributed by atoms with E-state index in [1.807, 2.05) is 27.7 Å². The van der Waals surface area contributed by atoms with Crippen LogP contribution in [0.1, 0.15) is 40.5 Å². The number of hydrogen-bond acceptors (Lipinski definition) is 5. The molecule has 0 aromatic carbocycles. The summed E-state index contributed by atoms with van der Waals surface area (Å²) in [5.74, 6) is 0.774. The van der Waals surface area contributed by atoms with Crippen LogP contribution in [0.15, 0.2) is 11.0 Å². The largest absolute Gasteiger partial charge is 0.393 e. The van der Waals surface area contributed by atoms with Gasteiger partial charge in [-0.2, -0.15) is 10.1 Å². The summed E-state index contributed by atoms with van der Waals surface area (Å²) in [4.78, 5) is 22.0. The SMILES string of the molecule is CC(O)C1CCCN(c2nc3c(cnn3C(C)(C)C)c(=O)[nH]2)C1. The van der Waals surface area contributed by atoms with E-state index in [9.17, 15) is 9.90 Å². The molecule has 0 saturated carbocycles. The highest BCUT2D eigenvalue weighted by atomic mass is 16.3. The van der Waals surface area contributed by atoms with Gasteiger partial charge >= 0.3 is 0 Å². The van der Waals surface area contributed by atoms with Crippen LogP contribution in [-0.4, -0.2) is 44.0 Å². The van der Waals surface area contributed by atoms with Crippen LogP contribution in [0.25, 0.3) is 11.0 Å². The number of anilines is 1. The Hall–Kier alpha value is -1.89. The van der Waals surface area contributed by atoms with Crippen molar-refractivity contribution in [1.29, 1.82) is 0 Å². The zero-order valence-electron chi connectivity index (χ0n) is 14.2. The number of hydrogen-bond donors (Lipinski definition) is 2. The molecule has 1 saturated heterocycles. The lowest BCUT2D eigenvalue weighted by atomic mass is 9.94. The molecule has 0 spiro atoms. The van der Waals surface area contributed by atoms with E-state index in [1.54, 1.807) is 10.9 Å². The minimum atomic E-state index is -0.353. The molecule has 2 aromatic heterocycles. The molecule has 7 nitrogen and oxygen atoms in total. The van der Waals surface area contributed by atoms with Gasteiger partial charge in [-0.1, -0.05) is 0 Å². The maximum absolute atomic E-state index is 12.4. The topological polar surface area (TPSA) is 87.0 Å². The quantitative estimate of drug-likeness (QED) is 0.875. The molecule has 0 aliphatic carbocycles. The second-order valence-corrected chi connectivity index (χ2v) is 7.44. The summed E-state index contributed by atoms with van der Waals surface area (Å²) in [5.41, 5.74) is 0.194. The van der Waals surface area contributed by atoms with Gasteiger partial charge in [0.05, 0.1) is 17.8 Å².